The average Bonchev–Trinajstić information content (AvgIpc) is 3.11. The van der Waals surface area contributed by atoms with Crippen LogP contribution < -0.4 is 4.90 Å². The van der Waals surface area contributed by atoms with Gasteiger partial charge >= 0.3 is 0 Å². The predicted octanol–water partition coefficient (Wildman–Crippen LogP) is 1.69. The van der Waals surface area contributed by atoms with Gasteiger partial charge in [0, 0.05) is 44.5 Å². The molecule has 5 rings (SSSR count). The third kappa shape index (κ3) is 2.60. The zero-order valence-corrected chi connectivity index (χ0v) is 17.4. The first kappa shape index (κ1) is 20.4. The molecule has 1 aromatic rings. The van der Waals surface area contributed by atoms with Crippen molar-refractivity contribution in [1.29, 1.82) is 0 Å². The van der Waals surface area contributed by atoms with Crippen molar-refractivity contribution in [3.8, 4) is 0 Å². The maximum atomic E-state index is 14.0. The second-order valence-corrected chi connectivity index (χ2v) is 7.85. The van der Waals surface area contributed by atoms with Gasteiger partial charge in [-0.3, -0.25) is 10.0 Å². The molecule has 3 atom stereocenters. The van der Waals surface area contributed by atoms with Gasteiger partial charge in [-0.25, -0.2) is 0 Å². The predicted molar refractivity (Wildman–Crippen MR) is 110 cm³/mol. The molecule has 9 heteroatoms. The molecule has 1 fully saturated rings. The number of hydrogen-bond acceptors (Lipinski definition) is 8. The number of hydrogen-bond donors (Lipinski definition) is 3. The van der Waals surface area contributed by atoms with Gasteiger partial charge in [-0.05, 0) is 41.2 Å². The Bertz CT molecular complexity index is 928. The van der Waals surface area contributed by atoms with Crippen LogP contribution in [0.3, 0.4) is 0 Å². The molecule has 30 heavy (non-hydrogen) atoms. The second kappa shape index (κ2) is 7.13. The van der Waals surface area contributed by atoms with E-state index in [0.29, 0.717) is 17.8 Å². The molecule has 0 aromatic heterocycles. The van der Waals surface area contributed by atoms with Crippen molar-refractivity contribution in [2.45, 2.75) is 25.2 Å². The number of ketones is 1. The highest BCUT2D eigenvalue weighted by molar-refractivity contribution is 6.05. The molecule has 3 N–H and O–H groups in total. The minimum absolute atomic E-state index is 0.175. The van der Waals surface area contributed by atoms with Crippen LogP contribution in [0.5, 0.6) is 0 Å². The Labute approximate surface area is 175 Å². The van der Waals surface area contributed by atoms with E-state index in [-0.39, 0.29) is 18.9 Å². The number of aliphatic hydroxyl groups is 1. The number of allylic oxidation sites excluding steroid dienone is 2. The Kier molecular flexibility index (Phi) is 4.86. The smallest absolute Gasteiger partial charge is 0.249 e. The van der Waals surface area contributed by atoms with E-state index in [1.165, 1.54) is 11.2 Å². The van der Waals surface area contributed by atoms with Crippen molar-refractivity contribution in [2.75, 3.05) is 32.1 Å². The topological polar surface area (TPSA) is 90.7 Å². The Balaban J connectivity index is 1.82. The SMILES string of the molecule is CCC1N(O)C2=C[N+]1(O)N2C1(C(=O)c2ccc(N(C)C)cc2)C=CC=CN1CCO. The van der Waals surface area contributed by atoms with Crippen molar-refractivity contribution >= 4 is 11.5 Å². The molecular weight excluding hydrogens is 386 g/mol. The highest BCUT2D eigenvalue weighted by atomic mass is 16.7. The third-order valence-corrected chi connectivity index (χ3v) is 5.95. The first-order chi connectivity index (χ1) is 14.3. The number of nitrogens with zero attached hydrogens (tertiary/aromatic N) is 5. The number of quaternary nitrogens is 1. The zero-order valence-electron chi connectivity index (χ0n) is 17.4. The summed E-state index contributed by atoms with van der Waals surface area (Å²) in [5.74, 6) is 0.0830. The van der Waals surface area contributed by atoms with E-state index in [4.69, 9.17) is 0 Å². The zero-order chi connectivity index (χ0) is 21.7. The van der Waals surface area contributed by atoms with Gasteiger partial charge in [0.25, 0.3) is 0 Å². The monoisotopic (exact) mass is 414 g/mol. The molecule has 4 aliphatic heterocycles. The lowest BCUT2D eigenvalue weighted by Gasteiger charge is -2.51. The van der Waals surface area contributed by atoms with Gasteiger partial charge in [-0.2, -0.15) is 10.3 Å². The van der Waals surface area contributed by atoms with Crippen LogP contribution in [0.4, 0.5) is 5.69 Å². The molecule has 1 aromatic carbocycles. The molecule has 0 saturated carbocycles. The second-order valence-electron chi connectivity index (χ2n) is 7.85. The summed E-state index contributed by atoms with van der Waals surface area (Å²) >= 11 is 0. The number of Topliss-reactive ketones (excluding diaryl/α,β-unsaturated/α-hetero) is 1. The Morgan fingerprint density at radius 3 is 2.50 bits per heavy atom. The largest absolute Gasteiger partial charge is 0.395 e. The summed E-state index contributed by atoms with van der Waals surface area (Å²) < 4.78 is -0.704. The van der Waals surface area contributed by atoms with E-state index >= 15 is 0 Å². The molecule has 1 saturated heterocycles. The Hall–Kier alpha value is -2.85. The highest BCUT2D eigenvalue weighted by Crippen LogP contribution is 2.51. The lowest BCUT2D eigenvalue weighted by atomic mass is 9.92. The summed E-state index contributed by atoms with van der Waals surface area (Å²) in [5, 5.41) is 34.1. The van der Waals surface area contributed by atoms with Gasteiger partial charge in [0.1, 0.15) is 0 Å². The number of carbonyl (C=O) groups excluding carboxylic acids is 1. The van der Waals surface area contributed by atoms with Crippen LogP contribution in [0.2, 0.25) is 0 Å². The molecule has 0 amide bonds. The molecule has 3 unspecified atom stereocenters. The van der Waals surface area contributed by atoms with Crippen LogP contribution in [0.1, 0.15) is 23.7 Å². The van der Waals surface area contributed by atoms with Crippen molar-refractivity contribution < 1.29 is 25.1 Å². The average molecular weight is 414 g/mol. The summed E-state index contributed by atoms with van der Waals surface area (Å²) in [7, 11) is 3.85. The highest BCUT2D eigenvalue weighted by Gasteiger charge is 2.73. The van der Waals surface area contributed by atoms with Crippen LogP contribution in [-0.2, 0) is 0 Å². The molecule has 4 aliphatic rings. The summed E-state index contributed by atoms with van der Waals surface area (Å²) in [4.78, 5) is 17.6. The fourth-order valence-corrected chi connectivity index (χ4v) is 4.46. The molecular formula is C21H28N5O4+. The minimum Gasteiger partial charge on any atom is -0.395 e. The van der Waals surface area contributed by atoms with Crippen molar-refractivity contribution in [2.24, 2.45) is 0 Å². The Morgan fingerprint density at radius 2 is 1.93 bits per heavy atom. The summed E-state index contributed by atoms with van der Waals surface area (Å²) in [5.41, 5.74) is -0.0257. The van der Waals surface area contributed by atoms with Gasteiger partial charge in [-0.15, -0.1) is 5.01 Å². The number of rotatable bonds is 7. The Morgan fingerprint density at radius 1 is 1.23 bits per heavy atom. The number of hydroxylamine groups is 4. The fourth-order valence-electron chi connectivity index (χ4n) is 4.46. The number of fused-ring (bicyclic) bond motifs is 1. The molecule has 2 bridgehead atoms. The number of β-amino-alcohol motifs (C(OH)–C–C–N with tert-alkyl or cyclic N) is 1. The quantitative estimate of drug-likeness (QED) is 0.459. The fraction of sp³-hybridized carbons (Fsp3) is 0.381. The minimum atomic E-state index is -1.44. The van der Waals surface area contributed by atoms with Crippen molar-refractivity contribution in [3.05, 3.63) is 66.3 Å². The maximum absolute atomic E-state index is 14.0. The standard InChI is InChI=1S/C21H28N5O4/c1-4-19-24(29)18-15-26(19,30)25(18)21(11-5-6-12-23(21)13-14-27)20(28)16-7-9-17(10-8-16)22(2)3/h5-12,15,19,27,29-30H,4,13-14H2,1-3H3/q+1. The number of anilines is 1. The van der Waals surface area contributed by atoms with E-state index in [0.717, 1.165) is 10.8 Å². The third-order valence-electron chi connectivity index (χ3n) is 5.95. The van der Waals surface area contributed by atoms with Crippen LogP contribution in [0, 0.1) is 0 Å². The van der Waals surface area contributed by atoms with Crippen LogP contribution in [0.25, 0.3) is 0 Å². The van der Waals surface area contributed by atoms with E-state index in [2.05, 4.69) is 0 Å². The summed E-state index contributed by atoms with van der Waals surface area (Å²) in [6.07, 6.45) is 8.28. The van der Waals surface area contributed by atoms with Gasteiger partial charge < -0.3 is 14.9 Å². The first-order valence-electron chi connectivity index (χ1n) is 10.00. The molecule has 0 aliphatic carbocycles. The van der Waals surface area contributed by atoms with Gasteiger partial charge in [0.05, 0.1) is 6.61 Å². The number of benzene rings is 1. The van der Waals surface area contributed by atoms with Gasteiger partial charge in [-0.1, -0.05) is 13.0 Å². The molecule has 4 heterocycles. The van der Waals surface area contributed by atoms with E-state index in [9.17, 15) is 20.3 Å². The number of aliphatic hydroxyl groups excluding tert-OH is 1. The van der Waals surface area contributed by atoms with E-state index < -0.39 is 16.6 Å². The van der Waals surface area contributed by atoms with Crippen molar-refractivity contribution in [1.82, 2.24) is 15.0 Å². The summed E-state index contributed by atoms with van der Waals surface area (Å²) in [6.45, 7) is 1.85. The van der Waals surface area contributed by atoms with E-state index in [1.54, 1.807) is 41.5 Å². The van der Waals surface area contributed by atoms with E-state index in [1.807, 2.05) is 38.1 Å². The first-order valence-corrected chi connectivity index (χ1v) is 10.00. The van der Waals surface area contributed by atoms with Crippen LogP contribution in [0.15, 0.2) is 60.7 Å². The van der Waals surface area contributed by atoms with Gasteiger partial charge in [0.2, 0.25) is 29.6 Å². The van der Waals surface area contributed by atoms with Crippen LogP contribution in [-0.4, -0.2) is 80.1 Å². The normalized spacial score (nSPS) is 29.2. The molecule has 9 nitrogen and oxygen atoms in total. The van der Waals surface area contributed by atoms with Crippen LogP contribution >= 0.6 is 0 Å². The number of carbonyl (C=O) groups is 1. The lowest BCUT2D eigenvalue weighted by Crippen LogP contribution is -2.74. The van der Waals surface area contributed by atoms with Crippen molar-refractivity contribution in [3.63, 3.8) is 0 Å². The maximum Gasteiger partial charge on any atom is 0.249 e. The molecule has 0 spiro atoms. The summed E-state index contributed by atoms with van der Waals surface area (Å²) in [6, 6.07) is 7.23. The van der Waals surface area contributed by atoms with Gasteiger partial charge in [0.15, 0.2) is 0 Å². The lowest BCUT2D eigenvalue weighted by molar-refractivity contribution is -1.18. The molecule has 160 valence electrons. The molecule has 0 radical (unpaired) electrons.